The van der Waals surface area contributed by atoms with E-state index in [2.05, 4.69) is 0 Å². The summed E-state index contributed by atoms with van der Waals surface area (Å²) in [7, 11) is 0. The van der Waals surface area contributed by atoms with Crippen LogP contribution in [-0.4, -0.2) is 113 Å². The molecule has 0 spiro atoms. The maximum absolute atomic E-state index is 10.8. The number of aliphatic carboxylic acids is 3. The van der Waals surface area contributed by atoms with Gasteiger partial charge in [0.25, 0.3) is 0 Å². The molecule has 10 nitrogen and oxygen atoms in total. The van der Waals surface area contributed by atoms with Crippen LogP contribution in [0, 0.1) is 0 Å². The topological polar surface area (TPSA) is 139 Å². The summed E-state index contributed by atoms with van der Waals surface area (Å²) in [5.74, 6) is -2.61. The standard InChI is InChI=1S/C12H21N3O6.C4H8O.2C2H6/c16-10(17)7-13-1-2-14(8-11(18)19)5-6-15(4-3-13)9-12(20)21;1-3-4(2)5;2*1-2/h1-9H2,(H,16,17)(H,18,19)(H,20,21);3H2,1-2H3;2*1-2H3. The van der Waals surface area contributed by atoms with E-state index >= 15 is 0 Å². The number of Topliss-reactive ketones (excluding diaryl/α,β-unsaturated/α-hetero) is 1. The molecule has 0 amide bonds. The Morgan fingerprint density at radius 1 is 0.600 bits per heavy atom. The second-order valence-electron chi connectivity index (χ2n) is 6.07. The predicted octanol–water partition coefficient (Wildman–Crippen LogP) is 1.20. The van der Waals surface area contributed by atoms with Gasteiger partial charge < -0.3 is 20.1 Å². The molecule has 1 heterocycles. The maximum Gasteiger partial charge on any atom is 0.317 e. The summed E-state index contributed by atoms with van der Waals surface area (Å²) in [4.78, 5) is 47.3. The largest absolute Gasteiger partial charge is 0.480 e. The summed E-state index contributed by atoms with van der Waals surface area (Å²) in [6.07, 6.45) is 0.667. The van der Waals surface area contributed by atoms with Gasteiger partial charge in [-0.15, -0.1) is 0 Å². The van der Waals surface area contributed by atoms with E-state index in [4.69, 9.17) is 15.3 Å². The first-order valence-corrected chi connectivity index (χ1v) is 10.5. The SMILES string of the molecule is CC.CC.CCC(C)=O.O=C(O)CN1CCN(CC(=O)O)CCN(CC(=O)O)CC1. The lowest BCUT2D eigenvalue weighted by Crippen LogP contribution is -2.40. The van der Waals surface area contributed by atoms with Crippen molar-refractivity contribution in [2.45, 2.75) is 48.0 Å². The minimum absolute atomic E-state index is 0.137. The molecule has 178 valence electrons. The van der Waals surface area contributed by atoms with E-state index in [0.29, 0.717) is 45.7 Å². The van der Waals surface area contributed by atoms with Gasteiger partial charge in [-0.05, 0) is 6.92 Å². The van der Waals surface area contributed by atoms with Crippen molar-refractivity contribution in [3.8, 4) is 0 Å². The predicted molar refractivity (Wildman–Crippen MR) is 116 cm³/mol. The maximum atomic E-state index is 10.8. The molecule has 10 heteroatoms. The van der Waals surface area contributed by atoms with Gasteiger partial charge in [-0.2, -0.15) is 0 Å². The van der Waals surface area contributed by atoms with Crippen LogP contribution in [0.4, 0.5) is 0 Å². The highest BCUT2D eigenvalue weighted by Crippen LogP contribution is 2.00. The van der Waals surface area contributed by atoms with Crippen molar-refractivity contribution < 1.29 is 34.5 Å². The average molecular weight is 436 g/mol. The Bertz CT molecular complexity index is 418. The number of hydrogen-bond donors (Lipinski definition) is 3. The molecule has 1 fully saturated rings. The van der Waals surface area contributed by atoms with Crippen molar-refractivity contribution in [2.75, 3.05) is 58.9 Å². The Morgan fingerprint density at radius 2 is 0.767 bits per heavy atom. The number of carboxylic acid groups (broad SMARTS) is 3. The van der Waals surface area contributed by atoms with E-state index in [9.17, 15) is 19.2 Å². The fourth-order valence-corrected chi connectivity index (χ4v) is 2.23. The fourth-order valence-electron chi connectivity index (χ4n) is 2.23. The van der Waals surface area contributed by atoms with Crippen LogP contribution in [-0.2, 0) is 19.2 Å². The average Bonchev–Trinajstić information content (AvgIpc) is 2.77. The highest BCUT2D eigenvalue weighted by atomic mass is 16.4. The zero-order chi connectivity index (χ0) is 24.1. The lowest BCUT2D eigenvalue weighted by Gasteiger charge is -2.23. The molecule has 30 heavy (non-hydrogen) atoms. The summed E-state index contributed by atoms with van der Waals surface area (Å²) in [6, 6.07) is 0. The minimum atomic E-state index is -0.955. The van der Waals surface area contributed by atoms with Crippen molar-refractivity contribution >= 4 is 23.7 Å². The Morgan fingerprint density at radius 3 is 0.867 bits per heavy atom. The lowest BCUT2D eigenvalue weighted by molar-refractivity contribution is -0.140. The highest BCUT2D eigenvalue weighted by Gasteiger charge is 2.20. The van der Waals surface area contributed by atoms with Crippen molar-refractivity contribution in [2.24, 2.45) is 0 Å². The van der Waals surface area contributed by atoms with Crippen molar-refractivity contribution in [3.05, 3.63) is 0 Å². The number of hydrogen-bond acceptors (Lipinski definition) is 7. The van der Waals surface area contributed by atoms with Gasteiger partial charge in [-0.25, -0.2) is 0 Å². The summed E-state index contributed by atoms with van der Waals surface area (Å²) < 4.78 is 0. The second-order valence-corrected chi connectivity index (χ2v) is 6.07. The third-order valence-corrected chi connectivity index (χ3v) is 3.77. The van der Waals surface area contributed by atoms with E-state index in [1.54, 1.807) is 21.6 Å². The van der Waals surface area contributed by atoms with E-state index in [1.807, 2.05) is 34.6 Å². The molecular weight excluding hydrogens is 394 g/mol. The molecular formula is C20H41N3O7. The van der Waals surface area contributed by atoms with Gasteiger partial charge in [-0.1, -0.05) is 34.6 Å². The first kappa shape index (κ1) is 32.6. The molecule has 1 rings (SSSR count). The van der Waals surface area contributed by atoms with Gasteiger partial charge >= 0.3 is 17.9 Å². The van der Waals surface area contributed by atoms with Crippen LogP contribution in [0.1, 0.15) is 48.0 Å². The molecule has 1 aliphatic heterocycles. The van der Waals surface area contributed by atoms with Gasteiger partial charge in [0.15, 0.2) is 0 Å². The molecule has 0 aliphatic carbocycles. The summed E-state index contributed by atoms with van der Waals surface area (Å²) in [5.41, 5.74) is 0. The van der Waals surface area contributed by atoms with Gasteiger partial charge in [0.1, 0.15) is 5.78 Å². The van der Waals surface area contributed by atoms with Crippen molar-refractivity contribution in [3.63, 3.8) is 0 Å². The number of nitrogens with zero attached hydrogens (tertiary/aromatic N) is 3. The molecule has 3 N–H and O–H groups in total. The Kier molecular flexibility index (Phi) is 23.6. The molecule has 0 aromatic carbocycles. The normalized spacial score (nSPS) is 15.3. The zero-order valence-corrected chi connectivity index (χ0v) is 19.4. The molecule has 0 bridgehead atoms. The van der Waals surface area contributed by atoms with Crippen molar-refractivity contribution in [1.29, 1.82) is 0 Å². The molecule has 0 atom stereocenters. The fraction of sp³-hybridized carbons (Fsp3) is 0.800. The van der Waals surface area contributed by atoms with Gasteiger partial charge in [0, 0.05) is 45.7 Å². The first-order chi connectivity index (χ1) is 14.1. The lowest BCUT2D eigenvalue weighted by atomic mass is 10.4. The Balaban J connectivity index is -0.000000692. The monoisotopic (exact) mass is 435 g/mol. The molecule has 0 unspecified atom stereocenters. The van der Waals surface area contributed by atoms with Crippen molar-refractivity contribution in [1.82, 2.24) is 14.7 Å². The van der Waals surface area contributed by atoms with Crippen LogP contribution in [0.15, 0.2) is 0 Å². The molecule has 0 radical (unpaired) electrons. The number of carboxylic acids is 3. The van der Waals surface area contributed by atoms with Crippen LogP contribution in [0.5, 0.6) is 0 Å². The summed E-state index contributed by atoms with van der Waals surface area (Å²) >= 11 is 0. The zero-order valence-electron chi connectivity index (χ0n) is 19.4. The first-order valence-electron chi connectivity index (χ1n) is 10.5. The number of carbonyl (C=O) groups excluding carboxylic acids is 1. The second kappa shape index (κ2) is 21.7. The number of ketones is 1. The van der Waals surface area contributed by atoms with Gasteiger partial charge in [0.2, 0.25) is 0 Å². The molecule has 0 aromatic rings. The number of carbonyl (C=O) groups is 4. The van der Waals surface area contributed by atoms with Crippen LogP contribution < -0.4 is 0 Å². The van der Waals surface area contributed by atoms with E-state index in [0.717, 1.165) is 0 Å². The molecule has 0 saturated carbocycles. The molecule has 0 aromatic heterocycles. The van der Waals surface area contributed by atoms with E-state index < -0.39 is 17.9 Å². The van der Waals surface area contributed by atoms with Crippen LogP contribution in [0.3, 0.4) is 0 Å². The van der Waals surface area contributed by atoms with Crippen LogP contribution in [0.2, 0.25) is 0 Å². The van der Waals surface area contributed by atoms with Crippen LogP contribution in [0.25, 0.3) is 0 Å². The van der Waals surface area contributed by atoms with E-state index in [1.165, 1.54) is 0 Å². The summed E-state index contributed by atoms with van der Waals surface area (Å²) in [6.45, 7) is 13.7. The quantitative estimate of drug-likeness (QED) is 0.534. The van der Waals surface area contributed by atoms with Crippen LogP contribution >= 0.6 is 0 Å². The smallest absolute Gasteiger partial charge is 0.317 e. The third-order valence-electron chi connectivity index (χ3n) is 3.77. The molecule has 1 saturated heterocycles. The highest BCUT2D eigenvalue weighted by molar-refractivity contribution is 5.74. The van der Waals surface area contributed by atoms with E-state index in [-0.39, 0.29) is 25.4 Å². The Hall–Kier alpha value is -2.04. The Labute approximate surface area is 180 Å². The van der Waals surface area contributed by atoms with Gasteiger partial charge in [0.05, 0.1) is 19.6 Å². The molecule has 1 aliphatic rings. The minimum Gasteiger partial charge on any atom is -0.480 e. The van der Waals surface area contributed by atoms with Gasteiger partial charge in [-0.3, -0.25) is 29.1 Å². The summed E-state index contributed by atoms with van der Waals surface area (Å²) in [5, 5.41) is 26.6. The number of rotatable bonds is 7. The third kappa shape index (κ3) is 22.3.